The molecule has 0 amide bonds. The van der Waals surface area contributed by atoms with Crippen LogP contribution in [0.1, 0.15) is 46.6 Å². The van der Waals surface area contributed by atoms with Gasteiger partial charge in [0.15, 0.2) is 5.69 Å². The molecule has 8 heteroatoms. The number of hydrogen-bond acceptors (Lipinski definition) is 4. The fourth-order valence-corrected chi connectivity index (χ4v) is 4.29. The second-order valence-corrected chi connectivity index (χ2v) is 8.90. The number of carboxylic acids is 1. The average Bonchev–Trinajstić information content (AvgIpc) is 3.23. The van der Waals surface area contributed by atoms with Crippen LogP contribution in [0.5, 0.6) is 5.75 Å². The van der Waals surface area contributed by atoms with Gasteiger partial charge in [-0.2, -0.15) is 0 Å². The Morgan fingerprint density at radius 2 is 1.81 bits per heavy atom. The summed E-state index contributed by atoms with van der Waals surface area (Å²) in [4.78, 5) is 19.6. The Bertz CT molecular complexity index is 1200. The predicted octanol–water partition coefficient (Wildman–Crippen LogP) is 6.51. The van der Waals surface area contributed by atoms with Crippen molar-refractivity contribution in [3.63, 3.8) is 0 Å². The van der Waals surface area contributed by atoms with Crippen molar-refractivity contribution in [1.82, 2.24) is 9.97 Å². The zero-order valence-corrected chi connectivity index (χ0v) is 19.4. The van der Waals surface area contributed by atoms with Gasteiger partial charge in [-0.3, -0.25) is 4.98 Å². The molecule has 0 spiro atoms. The van der Waals surface area contributed by atoms with Crippen LogP contribution in [-0.2, 0) is 6.61 Å². The molecule has 0 saturated carbocycles. The van der Waals surface area contributed by atoms with Crippen LogP contribution in [0.2, 0.25) is 0 Å². The summed E-state index contributed by atoms with van der Waals surface area (Å²) in [6, 6.07) is 10.5. The van der Waals surface area contributed by atoms with E-state index < -0.39 is 5.97 Å². The molecular formula is C23H17Br2FN2O3. The molecule has 0 radical (unpaired) electrons. The number of benzene rings is 2. The number of rotatable bonds is 6. The summed E-state index contributed by atoms with van der Waals surface area (Å²) in [5.74, 6) is -0.825. The average molecular weight is 548 g/mol. The van der Waals surface area contributed by atoms with E-state index in [0.717, 1.165) is 40.4 Å². The number of aromatic nitrogens is 2. The first-order valence-corrected chi connectivity index (χ1v) is 11.2. The van der Waals surface area contributed by atoms with E-state index in [9.17, 15) is 14.3 Å². The summed E-state index contributed by atoms with van der Waals surface area (Å²) in [5, 5.41) is 9.25. The molecule has 0 aliphatic heterocycles. The van der Waals surface area contributed by atoms with E-state index in [2.05, 4.69) is 41.8 Å². The van der Waals surface area contributed by atoms with Crippen LogP contribution in [0.3, 0.4) is 0 Å². The Morgan fingerprint density at radius 1 is 1.06 bits per heavy atom. The van der Waals surface area contributed by atoms with Crippen LogP contribution in [-0.4, -0.2) is 21.0 Å². The van der Waals surface area contributed by atoms with Crippen LogP contribution >= 0.6 is 31.9 Å². The highest BCUT2D eigenvalue weighted by Crippen LogP contribution is 2.43. The Kier molecular flexibility index (Phi) is 6.48. The van der Waals surface area contributed by atoms with E-state index in [4.69, 9.17) is 4.74 Å². The zero-order valence-electron chi connectivity index (χ0n) is 16.2. The summed E-state index contributed by atoms with van der Waals surface area (Å²) >= 11 is 6.78. The maximum Gasteiger partial charge on any atom is 0.356 e. The molecule has 1 aliphatic rings. The van der Waals surface area contributed by atoms with Gasteiger partial charge in [0.1, 0.15) is 18.2 Å². The topological polar surface area (TPSA) is 72.3 Å². The molecule has 31 heavy (non-hydrogen) atoms. The highest BCUT2D eigenvalue weighted by molar-refractivity contribution is 9.10. The first-order valence-electron chi connectivity index (χ1n) is 9.57. The number of allylic oxidation sites excluding steroid dienone is 2. The van der Waals surface area contributed by atoms with E-state index in [0.29, 0.717) is 21.5 Å². The number of hydrogen-bond donors (Lipinski definition) is 1. The molecule has 1 N–H and O–H groups in total. The molecule has 1 heterocycles. The van der Waals surface area contributed by atoms with Gasteiger partial charge in [-0.15, -0.1) is 0 Å². The van der Waals surface area contributed by atoms with Gasteiger partial charge in [0.25, 0.3) is 0 Å². The minimum atomic E-state index is -1.11. The van der Waals surface area contributed by atoms with Crippen molar-refractivity contribution < 1.29 is 19.0 Å². The Labute approximate surface area is 195 Å². The van der Waals surface area contributed by atoms with E-state index in [-0.39, 0.29) is 18.1 Å². The monoisotopic (exact) mass is 546 g/mol. The third-order valence-electron chi connectivity index (χ3n) is 5.05. The Hall–Kier alpha value is -2.58. The van der Waals surface area contributed by atoms with Crippen LogP contribution in [0, 0.1) is 5.82 Å². The molecule has 4 rings (SSSR count). The lowest BCUT2D eigenvalue weighted by atomic mass is 9.99. The van der Waals surface area contributed by atoms with Crippen LogP contribution < -0.4 is 4.74 Å². The normalized spacial score (nSPS) is 13.5. The van der Waals surface area contributed by atoms with Crippen molar-refractivity contribution in [3.8, 4) is 5.75 Å². The lowest BCUT2D eigenvalue weighted by Gasteiger charge is -2.15. The number of aromatic carboxylic acids is 1. The number of nitrogens with zero attached hydrogens (tertiary/aromatic N) is 2. The van der Waals surface area contributed by atoms with E-state index in [1.54, 1.807) is 18.3 Å². The second-order valence-electron chi connectivity index (χ2n) is 7.07. The highest BCUT2D eigenvalue weighted by atomic mass is 79.9. The summed E-state index contributed by atoms with van der Waals surface area (Å²) < 4.78 is 21.8. The van der Waals surface area contributed by atoms with Gasteiger partial charge in [-0.05, 0) is 60.7 Å². The quantitative estimate of drug-likeness (QED) is 0.380. The molecule has 158 valence electrons. The lowest BCUT2D eigenvalue weighted by Crippen LogP contribution is -2.04. The molecule has 0 fully saturated rings. The lowest BCUT2D eigenvalue weighted by molar-refractivity contribution is 0.0690. The van der Waals surface area contributed by atoms with Gasteiger partial charge in [0.2, 0.25) is 0 Å². The Balaban J connectivity index is 1.71. The number of ether oxygens (including phenoxy) is 1. The van der Waals surface area contributed by atoms with Gasteiger partial charge in [0, 0.05) is 20.1 Å². The molecule has 5 nitrogen and oxygen atoms in total. The fourth-order valence-electron chi connectivity index (χ4n) is 3.60. The van der Waals surface area contributed by atoms with Crippen LogP contribution in [0.4, 0.5) is 4.39 Å². The van der Waals surface area contributed by atoms with Crippen LogP contribution in [0.15, 0.2) is 57.7 Å². The Morgan fingerprint density at radius 3 is 2.58 bits per heavy atom. The molecule has 1 aromatic heterocycles. The van der Waals surface area contributed by atoms with E-state index in [1.807, 2.05) is 18.2 Å². The van der Waals surface area contributed by atoms with Gasteiger partial charge in [0.05, 0.1) is 18.1 Å². The third kappa shape index (κ3) is 4.85. The van der Waals surface area contributed by atoms with E-state index >= 15 is 0 Å². The SMILES string of the molecule is O=C(O)c1cncc(C2=C(c3cc(Br)ccc3OCc3ccc(Br)cc3F)CCC2)n1. The maximum absolute atomic E-state index is 14.2. The number of halogens is 3. The fraction of sp³-hybridized carbons (Fsp3) is 0.174. The number of carboxylic acid groups (broad SMARTS) is 1. The van der Waals surface area contributed by atoms with E-state index in [1.165, 1.54) is 12.3 Å². The minimum Gasteiger partial charge on any atom is -0.488 e. The molecule has 2 aromatic carbocycles. The third-order valence-corrected chi connectivity index (χ3v) is 6.03. The summed E-state index contributed by atoms with van der Waals surface area (Å²) in [7, 11) is 0. The van der Waals surface area contributed by atoms with Crippen molar-refractivity contribution in [1.29, 1.82) is 0 Å². The molecule has 0 bridgehead atoms. The molecule has 0 saturated heterocycles. The molecule has 1 aliphatic carbocycles. The molecule has 0 unspecified atom stereocenters. The second kappa shape index (κ2) is 9.28. The highest BCUT2D eigenvalue weighted by Gasteiger charge is 2.23. The minimum absolute atomic E-state index is 0.0880. The first-order chi connectivity index (χ1) is 14.9. The van der Waals surface area contributed by atoms with Crippen molar-refractivity contribution in [2.24, 2.45) is 0 Å². The van der Waals surface area contributed by atoms with Crippen molar-refractivity contribution >= 4 is 49.0 Å². The molecule has 0 atom stereocenters. The van der Waals surface area contributed by atoms with Gasteiger partial charge in [-0.1, -0.05) is 37.9 Å². The summed E-state index contributed by atoms with van der Waals surface area (Å²) in [6.07, 6.45) is 5.30. The largest absolute Gasteiger partial charge is 0.488 e. The molecule has 3 aromatic rings. The smallest absolute Gasteiger partial charge is 0.356 e. The number of carbonyl (C=O) groups is 1. The van der Waals surface area contributed by atoms with Gasteiger partial charge >= 0.3 is 5.97 Å². The zero-order chi connectivity index (χ0) is 22.0. The van der Waals surface area contributed by atoms with Crippen molar-refractivity contribution in [3.05, 3.63) is 86.1 Å². The standard InChI is InChI=1S/C23H17Br2FN2O3/c24-14-6-7-22(31-12-13-4-5-15(25)9-19(13)26)18(8-14)16-2-1-3-17(16)20-10-27-11-21(28-20)23(29)30/h4-11H,1-3,12H2,(H,29,30). The van der Waals surface area contributed by atoms with Crippen molar-refractivity contribution in [2.45, 2.75) is 25.9 Å². The van der Waals surface area contributed by atoms with Gasteiger partial charge < -0.3 is 9.84 Å². The first kappa shape index (κ1) is 21.6. The van der Waals surface area contributed by atoms with Crippen molar-refractivity contribution in [2.75, 3.05) is 0 Å². The maximum atomic E-state index is 14.2. The summed E-state index contributed by atoms with van der Waals surface area (Å²) in [6.45, 7) is 0.0880. The van der Waals surface area contributed by atoms with Crippen LogP contribution in [0.25, 0.3) is 11.1 Å². The predicted molar refractivity (Wildman–Crippen MR) is 122 cm³/mol. The summed E-state index contributed by atoms with van der Waals surface area (Å²) in [5.41, 5.74) is 3.78. The van der Waals surface area contributed by atoms with Gasteiger partial charge in [-0.25, -0.2) is 14.2 Å². The molecular weight excluding hydrogens is 531 g/mol.